The van der Waals surface area contributed by atoms with Crippen molar-refractivity contribution in [3.63, 3.8) is 0 Å². The molecule has 0 aliphatic carbocycles. The number of benzene rings is 1. The molecule has 0 saturated carbocycles. The average molecular weight is 321 g/mol. The zero-order valence-corrected chi connectivity index (χ0v) is 13.0. The van der Waals surface area contributed by atoms with E-state index in [4.69, 9.17) is 4.74 Å². The number of halogens is 1. The van der Waals surface area contributed by atoms with Gasteiger partial charge in [-0.1, -0.05) is 0 Å². The topological polar surface area (TPSA) is 61.9 Å². The third-order valence-electron chi connectivity index (χ3n) is 4.27. The largest absolute Gasteiger partial charge is 0.490 e. The fraction of sp³-hybridized carbons (Fsp3) is 0.500. The first-order valence-electron chi connectivity index (χ1n) is 7.75. The van der Waals surface area contributed by atoms with Gasteiger partial charge in [0.05, 0.1) is 6.54 Å². The van der Waals surface area contributed by atoms with Crippen LogP contribution in [-0.4, -0.2) is 60.6 Å². The van der Waals surface area contributed by atoms with Gasteiger partial charge in [-0.05, 0) is 24.3 Å². The van der Waals surface area contributed by atoms with Crippen LogP contribution in [0.3, 0.4) is 0 Å². The second-order valence-electron chi connectivity index (χ2n) is 5.98. The predicted octanol–water partition coefficient (Wildman–Crippen LogP) is 1.22. The second-order valence-corrected chi connectivity index (χ2v) is 5.98. The molecule has 6 nitrogen and oxygen atoms in total. The van der Waals surface area contributed by atoms with Crippen molar-refractivity contribution in [3.8, 4) is 5.75 Å². The Kier molecular flexibility index (Phi) is 4.36. The minimum Gasteiger partial charge on any atom is -0.490 e. The van der Waals surface area contributed by atoms with Crippen molar-refractivity contribution in [3.05, 3.63) is 30.1 Å². The van der Waals surface area contributed by atoms with E-state index >= 15 is 0 Å². The first-order valence-corrected chi connectivity index (χ1v) is 7.75. The molecule has 124 valence electrons. The summed E-state index contributed by atoms with van der Waals surface area (Å²) >= 11 is 0. The molecule has 23 heavy (non-hydrogen) atoms. The molecule has 2 aliphatic rings. The van der Waals surface area contributed by atoms with Gasteiger partial charge in [-0.25, -0.2) is 9.18 Å². The molecule has 1 aromatic carbocycles. The quantitative estimate of drug-likeness (QED) is 0.910. The van der Waals surface area contributed by atoms with Crippen molar-refractivity contribution in [1.82, 2.24) is 15.1 Å². The lowest BCUT2D eigenvalue weighted by Crippen LogP contribution is -2.49. The van der Waals surface area contributed by atoms with E-state index < -0.39 is 6.04 Å². The van der Waals surface area contributed by atoms with E-state index in [0.717, 1.165) is 12.8 Å². The SMILES string of the molecule is CN1C[C@@H](C(=O)N2CCC(Oc3ccc(F)cc3)CC2)NC1=O. The number of carbonyl (C=O) groups excluding carboxylic acids is 2. The van der Waals surface area contributed by atoms with Gasteiger partial charge in [0.15, 0.2) is 0 Å². The Morgan fingerprint density at radius 3 is 2.48 bits per heavy atom. The fourth-order valence-electron chi connectivity index (χ4n) is 2.92. The molecule has 2 heterocycles. The summed E-state index contributed by atoms with van der Waals surface area (Å²) in [7, 11) is 1.67. The minimum atomic E-state index is -0.456. The smallest absolute Gasteiger partial charge is 0.317 e. The molecule has 0 aromatic heterocycles. The highest BCUT2D eigenvalue weighted by atomic mass is 19.1. The standard InChI is InChI=1S/C16H20FN3O3/c1-19-10-14(18-16(19)22)15(21)20-8-6-13(7-9-20)23-12-4-2-11(17)3-5-12/h2-5,13-14H,6-10H2,1H3,(H,18,22)/t14-/m0/s1. The van der Waals surface area contributed by atoms with Crippen LogP contribution in [0.1, 0.15) is 12.8 Å². The normalized spacial score (nSPS) is 22.2. The molecule has 0 radical (unpaired) electrons. The Labute approximate surface area is 134 Å². The zero-order valence-electron chi connectivity index (χ0n) is 13.0. The summed E-state index contributed by atoms with van der Waals surface area (Å²) in [6.07, 6.45) is 1.46. The molecular formula is C16H20FN3O3. The van der Waals surface area contributed by atoms with Gasteiger partial charge in [0.25, 0.3) is 0 Å². The molecular weight excluding hydrogens is 301 g/mol. The third-order valence-corrected chi connectivity index (χ3v) is 4.27. The number of likely N-dealkylation sites (N-methyl/N-ethyl adjacent to an activating group) is 1. The van der Waals surface area contributed by atoms with E-state index in [-0.39, 0.29) is 23.9 Å². The van der Waals surface area contributed by atoms with Crippen molar-refractivity contribution in [1.29, 1.82) is 0 Å². The van der Waals surface area contributed by atoms with Crippen LogP contribution >= 0.6 is 0 Å². The number of likely N-dealkylation sites (tertiary alicyclic amines) is 1. The molecule has 2 fully saturated rings. The van der Waals surface area contributed by atoms with Gasteiger partial charge in [-0.3, -0.25) is 4.79 Å². The number of piperidine rings is 1. The summed E-state index contributed by atoms with van der Waals surface area (Å²) < 4.78 is 18.7. The zero-order chi connectivity index (χ0) is 16.4. The minimum absolute atomic E-state index is 0.0188. The van der Waals surface area contributed by atoms with Gasteiger partial charge in [0, 0.05) is 33.0 Å². The Morgan fingerprint density at radius 1 is 1.26 bits per heavy atom. The van der Waals surface area contributed by atoms with Crippen LogP contribution in [0.25, 0.3) is 0 Å². The van der Waals surface area contributed by atoms with Crippen LogP contribution in [-0.2, 0) is 4.79 Å². The molecule has 3 amide bonds. The van der Waals surface area contributed by atoms with Crippen LogP contribution in [0, 0.1) is 5.82 Å². The first kappa shape index (κ1) is 15.6. The molecule has 1 aromatic rings. The molecule has 2 saturated heterocycles. The fourth-order valence-corrected chi connectivity index (χ4v) is 2.92. The summed E-state index contributed by atoms with van der Waals surface area (Å²) in [5, 5.41) is 2.69. The average Bonchev–Trinajstić information content (AvgIpc) is 2.89. The number of hydrogen-bond donors (Lipinski definition) is 1. The first-order chi connectivity index (χ1) is 11.0. The number of rotatable bonds is 3. The van der Waals surface area contributed by atoms with E-state index in [1.807, 2.05) is 0 Å². The van der Waals surface area contributed by atoms with E-state index in [2.05, 4.69) is 5.32 Å². The van der Waals surface area contributed by atoms with E-state index in [1.165, 1.54) is 17.0 Å². The van der Waals surface area contributed by atoms with Crippen molar-refractivity contribution in [2.24, 2.45) is 0 Å². The molecule has 2 aliphatic heterocycles. The van der Waals surface area contributed by atoms with E-state index in [1.54, 1.807) is 24.1 Å². The highest BCUT2D eigenvalue weighted by Crippen LogP contribution is 2.20. The number of hydrogen-bond acceptors (Lipinski definition) is 3. The Morgan fingerprint density at radius 2 is 1.91 bits per heavy atom. The summed E-state index contributed by atoms with van der Waals surface area (Å²) in [6, 6.07) is 5.29. The lowest BCUT2D eigenvalue weighted by molar-refractivity contribution is -0.134. The van der Waals surface area contributed by atoms with Crippen LogP contribution in [0.5, 0.6) is 5.75 Å². The monoisotopic (exact) mass is 321 g/mol. The van der Waals surface area contributed by atoms with Gasteiger partial charge in [-0.15, -0.1) is 0 Å². The predicted molar refractivity (Wildman–Crippen MR) is 81.6 cm³/mol. The second kappa shape index (κ2) is 6.44. The molecule has 3 rings (SSSR count). The van der Waals surface area contributed by atoms with Crippen molar-refractivity contribution >= 4 is 11.9 Å². The van der Waals surface area contributed by atoms with E-state index in [9.17, 15) is 14.0 Å². The number of amides is 3. The maximum Gasteiger partial charge on any atom is 0.317 e. The lowest BCUT2D eigenvalue weighted by atomic mass is 10.1. The van der Waals surface area contributed by atoms with Crippen LogP contribution in [0.15, 0.2) is 24.3 Å². The molecule has 0 unspecified atom stereocenters. The summed E-state index contributed by atoms with van der Waals surface area (Å²) in [5.41, 5.74) is 0. The van der Waals surface area contributed by atoms with Gasteiger partial charge < -0.3 is 19.9 Å². The number of nitrogens with zero attached hydrogens (tertiary/aromatic N) is 2. The van der Waals surface area contributed by atoms with Crippen LogP contribution < -0.4 is 10.1 Å². The van der Waals surface area contributed by atoms with Gasteiger partial charge in [0.1, 0.15) is 23.7 Å². The van der Waals surface area contributed by atoms with Crippen molar-refractivity contribution in [2.45, 2.75) is 25.0 Å². The van der Waals surface area contributed by atoms with E-state index in [0.29, 0.717) is 25.4 Å². The summed E-state index contributed by atoms with van der Waals surface area (Å²) in [6.45, 7) is 1.60. The number of carbonyl (C=O) groups is 2. The molecule has 7 heteroatoms. The highest BCUT2D eigenvalue weighted by molar-refractivity contribution is 5.90. The third kappa shape index (κ3) is 3.55. The van der Waals surface area contributed by atoms with Crippen molar-refractivity contribution < 1.29 is 18.7 Å². The summed E-state index contributed by atoms with van der Waals surface area (Å²) in [5.74, 6) is 0.310. The number of ether oxygens (including phenoxy) is 1. The van der Waals surface area contributed by atoms with Crippen molar-refractivity contribution in [2.75, 3.05) is 26.7 Å². The molecule has 0 bridgehead atoms. The van der Waals surface area contributed by atoms with Crippen LogP contribution in [0.4, 0.5) is 9.18 Å². The number of urea groups is 1. The maximum absolute atomic E-state index is 12.9. The highest BCUT2D eigenvalue weighted by Gasteiger charge is 2.35. The Bertz CT molecular complexity index is 585. The maximum atomic E-state index is 12.9. The number of nitrogens with one attached hydrogen (secondary N) is 1. The molecule has 1 atom stereocenters. The lowest BCUT2D eigenvalue weighted by Gasteiger charge is -2.33. The molecule has 0 spiro atoms. The van der Waals surface area contributed by atoms with Gasteiger partial charge in [-0.2, -0.15) is 0 Å². The Balaban J connectivity index is 1.49. The van der Waals surface area contributed by atoms with Gasteiger partial charge in [0.2, 0.25) is 5.91 Å². The Hall–Kier alpha value is -2.31. The van der Waals surface area contributed by atoms with Gasteiger partial charge >= 0.3 is 6.03 Å². The van der Waals surface area contributed by atoms with Crippen LogP contribution in [0.2, 0.25) is 0 Å². The summed E-state index contributed by atoms with van der Waals surface area (Å²) in [4.78, 5) is 27.1. The molecule has 1 N–H and O–H groups in total.